The standard InChI is InChI=1S/C22H23FN2OS/c1-14(2)19-12-21(26-20-7-5-6-15(3)16(20)4)25-22(24-19)27-13-17-8-10-18(23)11-9-17/h5-12,14H,13H2,1-4H3. The number of hydrogen-bond acceptors (Lipinski definition) is 4. The van der Waals surface area contributed by atoms with Crippen molar-refractivity contribution in [2.75, 3.05) is 0 Å². The molecule has 0 saturated heterocycles. The lowest BCUT2D eigenvalue weighted by Crippen LogP contribution is -2.00. The molecule has 27 heavy (non-hydrogen) atoms. The predicted octanol–water partition coefficient (Wildman–Crippen LogP) is 6.44. The van der Waals surface area contributed by atoms with Crippen molar-refractivity contribution >= 4 is 11.8 Å². The van der Waals surface area contributed by atoms with E-state index in [-0.39, 0.29) is 11.7 Å². The van der Waals surface area contributed by atoms with Gasteiger partial charge >= 0.3 is 0 Å². The molecule has 3 rings (SSSR count). The maximum absolute atomic E-state index is 13.1. The second kappa shape index (κ2) is 8.53. The highest BCUT2D eigenvalue weighted by atomic mass is 32.2. The van der Waals surface area contributed by atoms with Crippen LogP contribution in [0.3, 0.4) is 0 Å². The highest BCUT2D eigenvalue weighted by Crippen LogP contribution is 2.30. The number of benzene rings is 2. The summed E-state index contributed by atoms with van der Waals surface area (Å²) in [6.07, 6.45) is 0. The molecule has 0 amide bonds. The molecule has 1 aromatic heterocycles. The van der Waals surface area contributed by atoms with Crippen LogP contribution in [0.5, 0.6) is 11.6 Å². The molecule has 0 aliphatic heterocycles. The molecule has 1 heterocycles. The molecule has 3 aromatic rings. The van der Waals surface area contributed by atoms with Crippen molar-refractivity contribution < 1.29 is 9.13 Å². The van der Waals surface area contributed by atoms with Crippen molar-refractivity contribution in [3.05, 3.63) is 76.7 Å². The average Bonchev–Trinajstić information content (AvgIpc) is 2.65. The average molecular weight is 383 g/mol. The highest BCUT2D eigenvalue weighted by molar-refractivity contribution is 7.98. The zero-order valence-electron chi connectivity index (χ0n) is 16.0. The third-order valence-electron chi connectivity index (χ3n) is 4.34. The predicted molar refractivity (Wildman–Crippen MR) is 108 cm³/mol. The van der Waals surface area contributed by atoms with Crippen molar-refractivity contribution in [2.24, 2.45) is 0 Å². The Bertz CT molecular complexity index is 926. The van der Waals surface area contributed by atoms with E-state index in [4.69, 9.17) is 4.74 Å². The fourth-order valence-corrected chi connectivity index (χ4v) is 3.32. The monoisotopic (exact) mass is 382 g/mol. The van der Waals surface area contributed by atoms with Gasteiger partial charge in [-0.15, -0.1) is 0 Å². The number of rotatable bonds is 6. The Morgan fingerprint density at radius 2 is 1.78 bits per heavy atom. The summed E-state index contributed by atoms with van der Waals surface area (Å²) in [6.45, 7) is 8.29. The van der Waals surface area contributed by atoms with Crippen LogP contribution in [0.25, 0.3) is 0 Å². The van der Waals surface area contributed by atoms with Gasteiger partial charge in [0, 0.05) is 11.8 Å². The van der Waals surface area contributed by atoms with E-state index in [1.807, 2.05) is 25.1 Å². The van der Waals surface area contributed by atoms with Gasteiger partial charge in [0.1, 0.15) is 11.6 Å². The summed E-state index contributed by atoms with van der Waals surface area (Å²) in [5, 5.41) is 0.658. The van der Waals surface area contributed by atoms with E-state index in [0.717, 1.165) is 22.6 Å². The Labute approximate surface area is 164 Å². The second-order valence-electron chi connectivity index (χ2n) is 6.78. The highest BCUT2D eigenvalue weighted by Gasteiger charge is 2.12. The van der Waals surface area contributed by atoms with Crippen LogP contribution in [-0.4, -0.2) is 9.97 Å². The summed E-state index contributed by atoms with van der Waals surface area (Å²) in [4.78, 5) is 9.21. The van der Waals surface area contributed by atoms with E-state index >= 15 is 0 Å². The van der Waals surface area contributed by atoms with Gasteiger partial charge in [0.25, 0.3) is 0 Å². The molecule has 0 unspecified atom stereocenters. The van der Waals surface area contributed by atoms with Crippen LogP contribution in [0.15, 0.2) is 53.7 Å². The van der Waals surface area contributed by atoms with Crippen LogP contribution in [0, 0.1) is 19.7 Å². The van der Waals surface area contributed by atoms with E-state index in [9.17, 15) is 4.39 Å². The summed E-state index contributed by atoms with van der Waals surface area (Å²) in [5.41, 5.74) is 4.24. The molecule has 0 bridgehead atoms. The first kappa shape index (κ1) is 19.4. The summed E-state index contributed by atoms with van der Waals surface area (Å²) < 4.78 is 19.1. The smallest absolute Gasteiger partial charge is 0.223 e. The second-order valence-corrected chi connectivity index (χ2v) is 7.73. The third-order valence-corrected chi connectivity index (χ3v) is 5.26. The number of ether oxygens (including phenoxy) is 1. The molecule has 0 fully saturated rings. The normalized spacial score (nSPS) is 11.0. The Morgan fingerprint density at radius 3 is 2.48 bits per heavy atom. The Hall–Kier alpha value is -2.40. The van der Waals surface area contributed by atoms with Gasteiger partial charge in [-0.25, -0.2) is 9.37 Å². The van der Waals surface area contributed by atoms with E-state index in [1.165, 1.54) is 29.5 Å². The first-order valence-corrected chi connectivity index (χ1v) is 9.91. The molecule has 140 valence electrons. The van der Waals surface area contributed by atoms with Gasteiger partial charge in [0.15, 0.2) is 5.16 Å². The maximum atomic E-state index is 13.1. The van der Waals surface area contributed by atoms with Gasteiger partial charge in [-0.2, -0.15) is 4.98 Å². The molecule has 3 nitrogen and oxygen atoms in total. The summed E-state index contributed by atoms with van der Waals surface area (Å²) >= 11 is 1.52. The minimum Gasteiger partial charge on any atom is -0.439 e. The quantitative estimate of drug-likeness (QED) is 0.363. The number of aryl methyl sites for hydroxylation is 1. The molecule has 0 N–H and O–H groups in total. The molecule has 0 radical (unpaired) electrons. The molecule has 0 saturated carbocycles. The Morgan fingerprint density at radius 1 is 1.04 bits per heavy atom. The SMILES string of the molecule is Cc1cccc(Oc2cc(C(C)C)nc(SCc3ccc(F)cc3)n2)c1C. The van der Waals surface area contributed by atoms with Gasteiger partial charge in [-0.1, -0.05) is 49.9 Å². The number of aromatic nitrogens is 2. The minimum atomic E-state index is -0.231. The lowest BCUT2D eigenvalue weighted by Gasteiger charge is -2.13. The van der Waals surface area contributed by atoms with Crippen LogP contribution in [0.4, 0.5) is 4.39 Å². The summed E-state index contributed by atoms with van der Waals surface area (Å²) in [5.74, 6) is 2.05. The van der Waals surface area contributed by atoms with Crippen molar-refractivity contribution in [2.45, 2.75) is 44.5 Å². The molecule has 0 spiro atoms. The number of nitrogens with zero attached hydrogens (tertiary/aromatic N) is 2. The van der Waals surface area contributed by atoms with Crippen molar-refractivity contribution in [3.63, 3.8) is 0 Å². The molecule has 5 heteroatoms. The maximum Gasteiger partial charge on any atom is 0.223 e. The van der Waals surface area contributed by atoms with Gasteiger partial charge in [0.2, 0.25) is 5.88 Å². The first-order valence-electron chi connectivity index (χ1n) is 8.92. The molecule has 0 atom stereocenters. The third kappa shape index (κ3) is 5.07. The van der Waals surface area contributed by atoms with Crippen molar-refractivity contribution in [1.82, 2.24) is 9.97 Å². The van der Waals surface area contributed by atoms with Crippen molar-refractivity contribution in [1.29, 1.82) is 0 Å². The zero-order valence-corrected chi connectivity index (χ0v) is 16.8. The largest absolute Gasteiger partial charge is 0.439 e. The van der Waals surface area contributed by atoms with E-state index in [0.29, 0.717) is 16.8 Å². The van der Waals surface area contributed by atoms with Crippen LogP contribution in [-0.2, 0) is 5.75 Å². The molecule has 0 aliphatic carbocycles. The lowest BCUT2D eigenvalue weighted by atomic mass is 10.1. The summed E-state index contributed by atoms with van der Waals surface area (Å²) in [7, 11) is 0. The number of halogens is 1. The molecular formula is C22H23FN2OS. The molecular weight excluding hydrogens is 359 g/mol. The minimum absolute atomic E-state index is 0.231. The fourth-order valence-electron chi connectivity index (χ4n) is 2.51. The van der Waals surface area contributed by atoms with Gasteiger partial charge in [0.05, 0.1) is 5.69 Å². The van der Waals surface area contributed by atoms with E-state index in [1.54, 1.807) is 12.1 Å². The van der Waals surface area contributed by atoms with Gasteiger partial charge in [-0.05, 0) is 54.7 Å². The summed E-state index contributed by atoms with van der Waals surface area (Å²) in [6, 6.07) is 14.4. The van der Waals surface area contributed by atoms with Gasteiger partial charge in [-0.3, -0.25) is 0 Å². The fraction of sp³-hybridized carbons (Fsp3) is 0.273. The van der Waals surface area contributed by atoms with Crippen LogP contribution in [0.1, 0.15) is 42.1 Å². The van der Waals surface area contributed by atoms with Gasteiger partial charge < -0.3 is 4.74 Å². The molecule has 0 aliphatic rings. The Balaban J connectivity index is 1.83. The van der Waals surface area contributed by atoms with E-state index < -0.39 is 0 Å². The lowest BCUT2D eigenvalue weighted by molar-refractivity contribution is 0.449. The van der Waals surface area contributed by atoms with Crippen LogP contribution >= 0.6 is 11.8 Å². The van der Waals surface area contributed by atoms with Crippen molar-refractivity contribution in [3.8, 4) is 11.6 Å². The number of thioether (sulfide) groups is 1. The topological polar surface area (TPSA) is 35.0 Å². The van der Waals surface area contributed by atoms with Crippen LogP contribution in [0.2, 0.25) is 0 Å². The number of hydrogen-bond donors (Lipinski definition) is 0. The van der Waals surface area contributed by atoms with Crippen LogP contribution < -0.4 is 4.74 Å². The first-order chi connectivity index (χ1) is 12.9. The zero-order chi connectivity index (χ0) is 19.4. The molecule has 2 aromatic carbocycles. The van der Waals surface area contributed by atoms with E-state index in [2.05, 4.69) is 36.8 Å². The Kier molecular flexibility index (Phi) is 6.11.